The SMILES string of the molecule is COc1ccccc1N(C)C(=O)C(C)(C)C1CCCNC1. The Labute approximate surface area is 127 Å². The maximum absolute atomic E-state index is 13.0. The Bertz CT molecular complexity index is 493. The molecule has 2 rings (SSSR count). The number of nitrogens with zero attached hydrogens (tertiary/aromatic N) is 1. The second-order valence-corrected chi connectivity index (χ2v) is 6.30. The van der Waals surface area contributed by atoms with Gasteiger partial charge in [-0.3, -0.25) is 4.79 Å². The predicted octanol–water partition coefficient (Wildman–Crippen LogP) is 2.68. The van der Waals surface area contributed by atoms with Gasteiger partial charge in [0.05, 0.1) is 12.8 Å². The lowest BCUT2D eigenvalue weighted by molar-refractivity contribution is -0.129. The zero-order chi connectivity index (χ0) is 15.5. The van der Waals surface area contributed by atoms with Gasteiger partial charge in [-0.25, -0.2) is 0 Å². The van der Waals surface area contributed by atoms with E-state index in [-0.39, 0.29) is 11.3 Å². The third-order valence-corrected chi connectivity index (χ3v) is 4.62. The van der Waals surface area contributed by atoms with Crippen LogP contribution in [0, 0.1) is 11.3 Å². The molecule has 1 saturated heterocycles. The van der Waals surface area contributed by atoms with Crippen LogP contribution in [0.5, 0.6) is 5.75 Å². The molecule has 0 saturated carbocycles. The number of carbonyl (C=O) groups excluding carboxylic acids is 1. The molecule has 21 heavy (non-hydrogen) atoms. The highest BCUT2D eigenvalue weighted by Crippen LogP contribution is 2.36. The summed E-state index contributed by atoms with van der Waals surface area (Å²) in [6.07, 6.45) is 2.24. The fourth-order valence-corrected chi connectivity index (χ4v) is 3.09. The van der Waals surface area contributed by atoms with Gasteiger partial charge in [-0.1, -0.05) is 26.0 Å². The number of para-hydroxylation sites is 2. The summed E-state index contributed by atoms with van der Waals surface area (Å²) in [6.45, 7) is 6.08. The lowest BCUT2D eigenvalue weighted by atomic mass is 9.74. The van der Waals surface area contributed by atoms with Crippen molar-refractivity contribution in [3.63, 3.8) is 0 Å². The van der Waals surface area contributed by atoms with Gasteiger partial charge >= 0.3 is 0 Å². The quantitative estimate of drug-likeness (QED) is 0.927. The van der Waals surface area contributed by atoms with Gasteiger partial charge in [-0.15, -0.1) is 0 Å². The first-order chi connectivity index (χ1) is 9.98. The van der Waals surface area contributed by atoms with Crippen molar-refractivity contribution in [3.05, 3.63) is 24.3 Å². The predicted molar refractivity (Wildman–Crippen MR) is 85.8 cm³/mol. The molecule has 1 aliphatic rings. The molecule has 0 aromatic heterocycles. The van der Waals surface area contributed by atoms with E-state index in [0.29, 0.717) is 5.92 Å². The number of hydrogen-bond donors (Lipinski definition) is 1. The zero-order valence-corrected chi connectivity index (χ0v) is 13.5. The summed E-state index contributed by atoms with van der Waals surface area (Å²) < 4.78 is 5.37. The average Bonchev–Trinajstić information content (AvgIpc) is 2.54. The summed E-state index contributed by atoms with van der Waals surface area (Å²) in [7, 11) is 3.46. The summed E-state index contributed by atoms with van der Waals surface area (Å²) in [6, 6.07) is 7.65. The Balaban J connectivity index is 2.21. The first-order valence-electron chi connectivity index (χ1n) is 7.60. The molecule has 1 N–H and O–H groups in total. The van der Waals surface area contributed by atoms with Crippen LogP contribution in [0.3, 0.4) is 0 Å². The number of benzene rings is 1. The van der Waals surface area contributed by atoms with E-state index in [4.69, 9.17) is 4.74 Å². The van der Waals surface area contributed by atoms with Crippen LogP contribution in [0.4, 0.5) is 5.69 Å². The van der Waals surface area contributed by atoms with Gasteiger partial charge in [0.2, 0.25) is 5.91 Å². The van der Waals surface area contributed by atoms with Crippen LogP contribution in [0.1, 0.15) is 26.7 Å². The first kappa shape index (κ1) is 15.8. The van der Waals surface area contributed by atoms with Crippen molar-refractivity contribution >= 4 is 11.6 Å². The van der Waals surface area contributed by atoms with Crippen molar-refractivity contribution in [1.29, 1.82) is 0 Å². The van der Waals surface area contributed by atoms with E-state index < -0.39 is 0 Å². The monoisotopic (exact) mass is 290 g/mol. The molecule has 0 radical (unpaired) electrons. The fourth-order valence-electron chi connectivity index (χ4n) is 3.09. The zero-order valence-electron chi connectivity index (χ0n) is 13.5. The van der Waals surface area contributed by atoms with Gasteiger partial charge in [-0.2, -0.15) is 0 Å². The Kier molecular flexibility index (Phi) is 4.88. The minimum atomic E-state index is -0.386. The standard InChI is InChI=1S/C17H26N2O2/c1-17(2,13-8-7-11-18-12-13)16(20)19(3)14-9-5-6-10-15(14)21-4/h5-6,9-10,13,18H,7-8,11-12H2,1-4H3. The van der Waals surface area contributed by atoms with Gasteiger partial charge in [0.1, 0.15) is 5.75 Å². The van der Waals surface area contributed by atoms with E-state index in [2.05, 4.69) is 19.2 Å². The third-order valence-electron chi connectivity index (χ3n) is 4.62. The third kappa shape index (κ3) is 3.21. The normalized spacial score (nSPS) is 19.1. The van der Waals surface area contributed by atoms with E-state index in [0.717, 1.165) is 37.4 Å². The number of piperidine rings is 1. The van der Waals surface area contributed by atoms with Gasteiger partial charge in [0.15, 0.2) is 0 Å². The fraction of sp³-hybridized carbons (Fsp3) is 0.588. The topological polar surface area (TPSA) is 41.6 Å². The van der Waals surface area contributed by atoms with Crippen LogP contribution < -0.4 is 15.0 Å². The van der Waals surface area contributed by atoms with Crippen LogP contribution in [0.15, 0.2) is 24.3 Å². The van der Waals surface area contributed by atoms with Crippen LogP contribution in [0.25, 0.3) is 0 Å². The highest BCUT2D eigenvalue weighted by Gasteiger charge is 2.39. The van der Waals surface area contributed by atoms with E-state index in [9.17, 15) is 4.79 Å². The molecular formula is C17H26N2O2. The van der Waals surface area contributed by atoms with Crippen molar-refractivity contribution in [1.82, 2.24) is 5.32 Å². The Morgan fingerprint density at radius 1 is 1.38 bits per heavy atom. The number of ether oxygens (including phenoxy) is 1. The number of anilines is 1. The summed E-state index contributed by atoms with van der Waals surface area (Å²) in [5, 5.41) is 3.40. The lowest BCUT2D eigenvalue weighted by Gasteiger charge is -2.38. The highest BCUT2D eigenvalue weighted by molar-refractivity contribution is 5.98. The highest BCUT2D eigenvalue weighted by atomic mass is 16.5. The largest absolute Gasteiger partial charge is 0.495 e. The maximum atomic E-state index is 13.0. The summed E-state index contributed by atoms with van der Waals surface area (Å²) in [5.41, 5.74) is 0.435. The average molecular weight is 290 g/mol. The summed E-state index contributed by atoms with van der Waals surface area (Å²) in [5.74, 6) is 1.24. The van der Waals surface area contributed by atoms with E-state index >= 15 is 0 Å². The van der Waals surface area contributed by atoms with Gasteiger partial charge in [0.25, 0.3) is 0 Å². The molecule has 1 amide bonds. The smallest absolute Gasteiger partial charge is 0.232 e. The molecule has 0 aliphatic carbocycles. The Morgan fingerprint density at radius 3 is 2.71 bits per heavy atom. The lowest BCUT2D eigenvalue weighted by Crippen LogP contribution is -2.48. The number of methoxy groups -OCH3 is 1. The number of rotatable bonds is 4. The van der Waals surface area contributed by atoms with E-state index in [1.165, 1.54) is 0 Å². The molecule has 116 valence electrons. The molecule has 1 aliphatic heterocycles. The van der Waals surface area contributed by atoms with E-state index in [1.54, 1.807) is 12.0 Å². The Morgan fingerprint density at radius 2 is 2.10 bits per heavy atom. The van der Waals surface area contributed by atoms with Crippen molar-refractivity contribution in [2.24, 2.45) is 11.3 Å². The number of carbonyl (C=O) groups is 1. The molecule has 1 aromatic carbocycles. The van der Waals surface area contributed by atoms with Crippen LogP contribution in [-0.4, -0.2) is 33.2 Å². The number of nitrogens with one attached hydrogen (secondary N) is 1. The number of hydrogen-bond acceptors (Lipinski definition) is 3. The van der Waals surface area contributed by atoms with Gasteiger partial charge < -0.3 is 15.0 Å². The van der Waals surface area contributed by atoms with Crippen molar-refractivity contribution in [2.75, 3.05) is 32.1 Å². The minimum Gasteiger partial charge on any atom is -0.495 e. The van der Waals surface area contributed by atoms with Gasteiger partial charge in [0, 0.05) is 12.5 Å². The molecule has 4 heteroatoms. The van der Waals surface area contributed by atoms with Crippen molar-refractivity contribution in [2.45, 2.75) is 26.7 Å². The second-order valence-electron chi connectivity index (χ2n) is 6.30. The molecule has 1 fully saturated rings. The van der Waals surface area contributed by atoms with Crippen molar-refractivity contribution in [3.8, 4) is 5.75 Å². The molecular weight excluding hydrogens is 264 g/mol. The Hall–Kier alpha value is -1.55. The van der Waals surface area contributed by atoms with E-state index in [1.807, 2.05) is 31.3 Å². The summed E-state index contributed by atoms with van der Waals surface area (Å²) in [4.78, 5) is 14.7. The van der Waals surface area contributed by atoms with Crippen LogP contribution >= 0.6 is 0 Å². The molecule has 1 atom stereocenters. The first-order valence-corrected chi connectivity index (χ1v) is 7.60. The molecule has 0 spiro atoms. The maximum Gasteiger partial charge on any atom is 0.232 e. The van der Waals surface area contributed by atoms with Crippen molar-refractivity contribution < 1.29 is 9.53 Å². The molecule has 4 nitrogen and oxygen atoms in total. The van der Waals surface area contributed by atoms with Crippen LogP contribution in [-0.2, 0) is 4.79 Å². The van der Waals surface area contributed by atoms with Gasteiger partial charge in [-0.05, 0) is 44.0 Å². The molecule has 1 heterocycles. The molecule has 1 unspecified atom stereocenters. The number of amides is 1. The second kappa shape index (κ2) is 6.48. The molecule has 0 bridgehead atoms. The van der Waals surface area contributed by atoms with Crippen LogP contribution in [0.2, 0.25) is 0 Å². The minimum absolute atomic E-state index is 0.140. The summed E-state index contributed by atoms with van der Waals surface area (Å²) >= 11 is 0. The molecule has 1 aromatic rings.